The minimum absolute atomic E-state index is 0.000729. The molecule has 1 aliphatic carbocycles. The van der Waals surface area contributed by atoms with Crippen LogP contribution in [0.3, 0.4) is 0 Å². The molecule has 2 rings (SSSR count). The predicted octanol–water partition coefficient (Wildman–Crippen LogP) is 2.50. The summed E-state index contributed by atoms with van der Waals surface area (Å²) in [6, 6.07) is 5.28. The van der Waals surface area contributed by atoms with Crippen LogP contribution in [0.25, 0.3) is 0 Å². The van der Waals surface area contributed by atoms with E-state index in [1.807, 2.05) is 0 Å². The molecule has 1 saturated carbocycles. The Hall–Kier alpha value is -1.71. The fraction of sp³-hybridized carbons (Fsp3) is 0.500. The van der Waals surface area contributed by atoms with Crippen molar-refractivity contribution in [3.63, 3.8) is 0 Å². The molecule has 0 aromatic heterocycles. The molecule has 98 valence electrons. The van der Waals surface area contributed by atoms with E-state index in [0.717, 1.165) is 5.56 Å². The van der Waals surface area contributed by atoms with E-state index < -0.39 is 5.97 Å². The molecule has 0 amide bonds. The SMILES string of the molecule is COc1cc(CC(=O)O)ccc1OCC1CCC1. The summed E-state index contributed by atoms with van der Waals surface area (Å²) in [6.45, 7) is 0.717. The van der Waals surface area contributed by atoms with Crippen LogP contribution in [0.2, 0.25) is 0 Å². The Balaban J connectivity index is 2.02. The normalized spacial score (nSPS) is 14.9. The van der Waals surface area contributed by atoms with Crippen LogP contribution in [0, 0.1) is 5.92 Å². The molecule has 1 N–H and O–H groups in total. The maximum absolute atomic E-state index is 10.6. The van der Waals surface area contributed by atoms with Gasteiger partial charge in [-0.05, 0) is 36.5 Å². The summed E-state index contributed by atoms with van der Waals surface area (Å²) in [5, 5.41) is 8.74. The van der Waals surface area contributed by atoms with Crippen LogP contribution < -0.4 is 9.47 Å². The highest BCUT2D eigenvalue weighted by Crippen LogP contribution is 2.31. The number of methoxy groups -OCH3 is 1. The number of benzene rings is 1. The van der Waals surface area contributed by atoms with E-state index in [9.17, 15) is 4.79 Å². The van der Waals surface area contributed by atoms with Crippen LogP contribution in [0.4, 0.5) is 0 Å². The fourth-order valence-corrected chi connectivity index (χ4v) is 1.98. The van der Waals surface area contributed by atoms with Crippen molar-refractivity contribution < 1.29 is 19.4 Å². The number of aliphatic carboxylic acids is 1. The van der Waals surface area contributed by atoms with Gasteiger partial charge in [-0.15, -0.1) is 0 Å². The topological polar surface area (TPSA) is 55.8 Å². The van der Waals surface area contributed by atoms with Crippen molar-refractivity contribution in [3.05, 3.63) is 23.8 Å². The maximum atomic E-state index is 10.6. The van der Waals surface area contributed by atoms with Crippen molar-refractivity contribution in [3.8, 4) is 11.5 Å². The Kier molecular flexibility index (Phi) is 4.07. The van der Waals surface area contributed by atoms with Gasteiger partial charge in [0, 0.05) is 0 Å². The van der Waals surface area contributed by atoms with Crippen molar-refractivity contribution >= 4 is 5.97 Å². The zero-order valence-corrected chi connectivity index (χ0v) is 10.5. The van der Waals surface area contributed by atoms with E-state index in [2.05, 4.69) is 0 Å². The Labute approximate surface area is 107 Å². The minimum atomic E-state index is -0.847. The molecule has 0 atom stereocenters. The summed E-state index contributed by atoms with van der Waals surface area (Å²) in [5.41, 5.74) is 0.718. The quantitative estimate of drug-likeness (QED) is 0.842. The lowest BCUT2D eigenvalue weighted by atomic mass is 9.86. The molecule has 18 heavy (non-hydrogen) atoms. The van der Waals surface area contributed by atoms with Crippen LogP contribution in [0.1, 0.15) is 24.8 Å². The molecule has 1 fully saturated rings. The third kappa shape index (κ3) is 3.15. The molecule has 0 spiro atoms. The predicted molar refractivity (Wildman–Crippen MR) is 67.2 cm³/mol. The van der Waals surface area contributed by atoms with Crippen molar-refractivity contribution in [1.82, 2.24) is 0 Å². The molecule has 0 unspecified atom stereocenters. The zero-order valence-electron chi connectivity index (χ0n) is 10.5. The Bertz CT molecular complexity index is 424. The number of carboxylic acid groups (broad SMARTS) is 1. The molecule has 1 aromatic carbocycles. The summed E-state index contributed by atoms with van der Waals surface area (Å²) in [5.74, 6) is 1.11. The highest BCUT2D eigenvalue weighted by molar-refractivity contribution is 5.70. The lowest BCUT2D eigenvalue weighted by Gasteiger charge is -2.25. The third-order valence-electron chi connectivity index (χ3n) is 3.28. The van der Waals surface area contributed by atoms with Gasteiger partial charge >= 0.3 is 5.97 Å². The number of rotatable bonds is 6. The van der Waals surface area contributed by atoms with Gasteiger partial charge in [0.25, 0.3) is 0 Å². The van der Waals surface area contributed by atoms with Crippen molar-refractivity contribution in [2.75, 3.05) is 13.7 Å². The first-order chi connectivity index (χ1) is 8.69. The summed E-state index contributed by atoms with van der Waals surface area (Å²) in [4.78, 5) is 10.6. The third-order valence-corrected chi connectivity index (χ3v) is 3.28. The number of ether oxygens (including phenoxy) is 2. The van der Waals surface area contributed by atoms with E-state index in [4.69, 9.17) is 14.6 Å². The van der Waals surface area contributed by atoms with Crippen LogP contribution in [-0.4, -0.2) is 24.8 Å². The van der Waals surface area contributed by atoms with E-state index in [1.54, 1.807) is 25.3 Å². The first kappa shape index (κ1) is 12.7. The Morgan fingerprint density at radius 1 is 1.39 bits per heavy atom. The molecular weight excluding hydrogens is 232 g/mol. The Morgan fingerprint density at radius 2 is 2.17 bits per heavy atom. The smallest absolute Gasteiger partial charge is 0.307 e. The highest BCUT2D eigenvalue weighted by atomic mass is 16.5. The molecule has 4 heteroatoms. The van der Waals surface area contributed by atoms with Gasteiger partial charge in [0.1, 0.15) is 0 Å². The summed E-state index contributed by atoms with van der Waals surface area (Å²) >= 11 is 0. The minimum Gasteiger partial charge on any atom is -0.493 e. The highest BCUT2D eigenvalue weighted by Gasteiger charge is 2.18. The summed E-state index contributed by atoms with van der Waals surface area (Å²) in [6.07, 6.45) is 3.76. The number of carboxylic acids is 1. The van der Waals surface area contributed by atoms with E-state index in [1.165, 1.54) is 19.3 Å². The van der Waals surface area contributed by atoms with Gasteiger partial charge in [0.2, 0.25) is 0 Å². The van der Waals surface area contributed by atoms with Gasteiger partial charge in [-0.1, -0.05) is 12.5 Å². The standard InChI is InChI=1S/C14H18O4/c1-17-13-7-11(8-14(15)16)5-6-12(13)18-9-10-3-2-4-10/h5-7,10H,2-4,8-9H2,1H3,(H,15,16). The number of hydrogen-bond acceptors (Lipinski definition) is 3. The van der Waals surface area contributed by atoms with Crippen molar-refractivity contribution in [2.45, 2.75) is 25.7 Å². The first-order valence-corrected chi connectivity index (χ1v) is 6.20. The largest absolute Gasteiger partial charge is 0.493 e. The van der Waals surface area contributed by atoms with Gasteiger partial charge in [-0.2, -0.15) is 0 Å². The van der Waals surface area contributed by atoms with Crippen LogP contribution in [-0.2, 0) is 11.2 Å². The zero-order chi connectivity index (χ0) is 13.0. The van der Waals surface area contributed by atoms with Gasteiger partial charge in [-0.3, -0.25) is 4.79 Å². The fourth-order valence-electron chi connectivity index (χ4n) is 1.98. The van der Waals surface area contributed by atoms with E-state index in [0.29, 0.717) is 24.0 Å². The first-order valence-electron chi connectivity index (χ1n) is 6.20. The van der Waals surface area contributed by atoms with Crippen molar-refractivity contribution in [1.29, 1.82) is 0 Å². The summed E-state index contributed by atoms with van der Waals surface area (Å²) < 4.78 is 11.0. The molecule has 1 aromatic rings. The van der Waals surface area contributed by atoms with Crippen LogP contribution in [0.5, 0.6) is 11.5 Å². The van der Waals surface area contributed by atoms with E-state index >= 15 is 0 Å². The maximum Gasteiger partial charge on any atom is 0.307 e. The number of hydrogen-bond donors (Lipinski definition) is 1. The molecule has 0 bridgehead atoms. The van der Waals surface area contributed by atoms with Crippen molar-refractivity contribution in [2.24, 2.45) is 5.92 Å². The molecule has 0 radical (unpaired) electrons. The second kappa shape index (κ2) is 5.76. The number of carbonyl (C=O) groups is 1. The van der Waals surface area contributed by atoms with Gasteiger partial charge in [0.05, 0.1) is 20.1 Å². The second-order valence-electron chi connectivity index (χ2n) is 4.66. The van der Waals surface area contributed by atoms with Gasteiger partial charge in [-0.25, -0.2) is 0 Å². The molecule has 0 aliphatic heterocycles. The average molecular weight is 250 g/mol. The lowest BCUT2D eigenvalue weighted by molar-refractivity contribution is -0.136. The molecule has 0 saturated heterocycles. The van der Waals surface area contributed by atoms with E-state index in [-0.39, 0.29) is 6.42 Å². The van der Waals surface area contributed by atoms with Crippen LogP contribution >= 0.6 is 0 Å². The van der Waals surface area contributed by atoms with Gasteiger partial charge < -0.3 is 14.6 Å². The summed E-state index contributed by atoms with van der Waals surface area (Å²) in [7, 11) is 1.57. The molecule has 0 heterocycles. The second-order valence-corrected chi connectivity index (χ2v) is 4.66. The van der Waals surface area contributed by atoms with Gasteiger partial charge in [0.15, 0.2) is 11.5 Å². The average Bonchev–Trinajstić information content (AvgIpc) is 2.27. The Morgan fingerprint density at radius 3 is 2.72 bits per heavy atom. The molecular formula is C14H18O4. The molecule has 1 aliphatic rings. The van der Waals surface area contributed by atoms with Crippen LogP contribution in [0.15, 0.2) is 18.2 Å². The molecule has 4 nitrogen and oxygen atoms in total. The monoisotopic (exact) mass is 250 g/mol. The lowest BCUT2D eigenvalue weighted by Crippen LogP contribution is -2.19.